The lowest BCUT2D eigenvalue weighted by Gasteiger charge is -2.05. The van der Waals surface area contributed by atoms with E-state index in [1.807, 2.05) is 37.3 Å². The summed E-state index contributed by atoms with van der Waals surface area (Å²) in [5, 5.41) is 7.07. The molecule has 0 unspecified atom stereocenters. The Labute approximate surface area is 110 Å². The fourth-order valence-electron chi connectivity index (χ4n) is 2.07. The molecule has 5 heteroatoms. The minimum Gasteiger partial charge on any atom is -0.382 e. The molecule has 0 aliphatic carbocycles. The first kappa shape index (κ1) is 11.4. The molecule has 3 aromatic rings. The Balaban J connectivity index is 2.23. The van der Waals surface area contributed by atoms with E-state index in [0.29, 0.717) is 5.82 Å². The molecule has 0 amide bonds. The summed E-state index contributed by atoms with van der Waals surface area (Å²) in [7, 11) is 0. The quantitative estimate of drug-likeness (QED) is 0.733. The molecule has 0 saturated heterocycles. The zero-order valence-corrected chi connectivity index (χ0v) is 10.5. The van der Waals surface area contributed by atoms with Crippen LogP contribution >= 0.6 is 0 Å². The molecule has 5 nitrogen and oxygen atoms in total. The normalized spacial score (nSPS) is 10.6. The molecular formula is C14H13N5. The number of hydrogen-bond acceptors (Lipinski definition) is 4. The standard InChI is InChI=1S/C14H13N5/c1-9-10(5-4-8-16-9)13-12(14(15)19-18-13)11-6-2-3-7-17-11/h2-8H,1H3,(H3,15,18,19). The van der Waals surface area contributed by atoms with E-state index in [-0.39, 0.29) is 0 Å². The van der Waals surface area contributed by atoms with Gasteiger partial charge in [-0.25, -0.2) is 0 Å². The van der Waals surface area contributed by atoms with Gasteiger partial charge >= 0.3 is 0 Å². The highest BCUT2D eigenvalue weighted by Gasteiger charge is 2.16. The Hall–Kier alpha value is -2.69. The highest BCUT2D eigenvalue weighted by molar-refractivity contribution is 5.86. The van der Waals surface area contributed by atoms with E-state index in [1.54, 1.807) is 12.4 Å². The molecule has 94 valence electrons. The number of anilines is 1. The van der Waals surface area contributed by atoms with Crippen LogP contribution in [0.1, 0.15) is 5.69 Å². The molecule has 0 spiro atoms. The van der Waals surface area contributed by atoms with Crippen molar-refractivity contribution in [1.29, 1.82) is 0 Å². The van der Waals surface area contributed by atoms with Crippen molar-refractivity contribution in [3.63, 3.8) is 0 Å². The second kappa shape index (κ2) is 4.53. The SMILES string of the molecule is Cc1ncccc1-c1[nH]nc(N)c1-c1ccccn1. The third-order valence-corrected chi connectivity index (χ3v) is 2.99. The maximum absolute atomic E-state index is 5.96. The molecule has 0 fully saturated rings. The summed E-state index contributed by atoms with van der Waals surface area (Å²) in [6.45, 7) is 1.95. The Kier molecular flexibility index (Phi) is 2.72. The van der Waals surface area contributed by atoms with Crippen LogP contribution in [0.5, 0.6) is 0 Å². The number of aryl methyl sites for hydroxylation is 1. The van der Waals surface area contributed by atoms with Crippen LogP contribution in [0.2, 0.25) is 0 Å². The van der Waals surface area contributed by atoms with Crippen molar-refractivity contribution in [2.24, 2.45) is 0 Å². The number of nitrogen functional groups attached to an aromatic ring is 1. The first-order valence-electron chi connectivity index (χ1n) is 5.94. The smallest absolute Gasteiger partial charge is 0.155 e. The van der Waals surface area contributed by atoms with Gasteiger partial charge in [0.1, 0.15) is 0 Å². The fourth-order valence-corrected chi connectivity index (χ4v) is 2.07. The highest BCUT2D eigenvalue weighted by atomic mass is 15.2. The number of rotatable bonds is 2. The number of aromatic nitrogens is 4. The number of nitrogens with one attached hydrogen (secondary N) is 1. The topological polar surface area (TPSA) is 80.5 Å². The number of nitrogens with two attached hydrogens (primary N) is 1. The first-order chi connectivity index (χ1) is 9.27. The summed E-state index contributed by atoms with van der Waals surface area (Å²) in [6, 6.07) is 9.59. The van der Waals surface area contributed by atoms with Gasteiger partial charge in [-0.15, -0.1) is 0 Å². The average molecular weight is 251 g/mol. The Morgan fingerprint density at radius 1 is 1.05 bits per heavy atom. The van der Waals surface area contributed by atoms with Crippen molar-refractivity contribution >= 4 is 5.82 Å². The van der Waals surface area contributed by atoms with Crippen molar-refractivity contribution in [2.45, 2.75) is 6.92 Å². The van der Waals surface area contributed by atoms with Gasteiger partial charge in [0.25, 0.3) is 0 Å². The lowest BCUT2D eigenvalue weighted by atomic mass is 10.0. The molecule has 0 radical (unpaired) electrons. The molecule has 3 N–H and O–H groups in total. The summed E-state index contributed by atoms with van der Waals surface area (Å²) in [6.07, 6.45) is 3.50. The van der Waals surface area contributed by atoms with Crippen LogP contribution in [0, 0.1) is 6.92 Å². The molecule has 3 aromatic heterocycles. The van der Waals surface area contributed by atoms with Gasteiger partial charge in [0, 0.05) is 23.7 Å². The summed E-state index contributed by atoms with van der Waals surface area (Å²) in [5.74, 6) is 0.442. The molecule has 0 aromatic carbocycles. The van der Waals surface area contributed by atoms with E-state index in [4.69, 9.17) is 5.73 Å². The highest BCUT2D eigenvalue weighted by Crippen LogP contribution is 2.34. The third-order valence-electron chi connectivity index (χ3n) is 2.99. The number of aromatic amines is 1. The van der Waals surface area contributed by atoms with E-state index in [1.165, 1.54) is 0 Å². The molecule has 0 atom stereocenters. The van der Waals surface area contributed by atoms with Crippen LogP contribution in [0.25, 0.3) is 22.5 Å². The minimum absolute atomic E-state index is 0.442. The molecule has 3 heterocycles. The van der Waals surface area contributed by atoms with Crippen LogP contribution in [0.15, 0.2) is 42.7 Å². The number of nitrogens with zero attached hydrogens (tertiary/aromatic N) is 3. The fraction of sp³-hybridized carbons (Fsp3) is 0.0714. The van der Waals surface area contributed by atoms with Gasteiger partial charge < -0.3 is 5.73 Å². The number of pyridine rings is 2. The van der Waals surface area contributed by atoms with Crippen LogP contribution in [-0.2, 0) is 0 Å². The van der Waals surface area contributed by atoms with Crippen molar-refractivity contribution in [3.05, 3.63) is 48.4 Å². The molecule has 3 rings (SSSR count). The maximum atomic E-state index is 5.96. The van der Waals surface area contributed by atoms with Crippen molar-refractivity contribution in [2.75, 3.05) is 5.73 Å². The van der Waals surface area contributed by atoms with E-state index in [0.717, 1.165) is 28.2 Å². The van der Waals surface area contributed by atoms with Crippen LogP contribution in [0.4, 0.5) is 5.82 Å². The van der Waals surface area contributed by atoms with Crippen molar-refractivity contribution in [3.8, 4) is 22.5 Å². The molecule has 0 saturated carbocycles. The average Bonchev–Trinajstić information content (AvgIpc) is 2.82. The molecule has 0 aliphatic rings. The summed E-state index contributed by atoms with van der Waals surface area (Å²) in [5.41, 5.74) is 10.3. The van der Waals surface area contributed by atoms with Gasteiger partial charge in [-0.1, -0.05) is 6.07 Å². The Bertz CT molecular complexity index is 703. The number of H-pyrrole nitrogens is 1. The largest absolute Gasteiger partial charge is 0.382 e. The summed E-state index contributed by atoms with van der Waals surface area (Å²) in [4.78, 5) is 8.63. The second-order valence-corrected chi connectivity index (χ2v) is 4.21. The van der Waals surface area contributed by atoms with Crippen LogP contribution in [0.3, 0.4) is 0 Å². The predicted octanol–water partition coefficient (Wildman–Crippen LogP) is 2.42. The van der Waals surface area contributed by atoms with Gasteiger partial charge in [0.2, 0.25) is 0 Å². The third kappa shape index (κ3) is 1.95. The summed E-state index contributed by atoms with van der Waals surface area (Å²) >= 11 is 0. The predicted molar refractivity (Wildman–Crippen MR) is 74.2 cm³/mol. The zero-order chi connectivity index (χ0) is 13.2. The van der Waals surface area contributed by atoms with Crippen LogP contribution in [-0.4, -0.2) is 20.2 Å². The van der Waals surface area contributed by atoms with Gasteiger partial charge in [0.15, 0.2) is 5.82 Å². The van der Waals surface area contributed by atoms with Gasteiger partial charge in [-0.2, -0.15) is 5.10 Å². The van der Waals surface area contributed by atoms with Gasteiger partial charge in [-0.05, 0) is 31.2 Å². The molecule has 0 aliphatic heterocycles. The van der Waals surface area contributed by atoms with E-state index < -0.39 is 0 Å². The maximum Gasteiger partial charge on any atom is 0.155 e. The van der Waals surface area contributed by atoms with E-state index in [9.17, 15) is 0 Å². The Morgan fingerprint density at radius 3 is 2.63 bits per heavy atom. The number of hydrogen-bond donors (Lipinski definition) is 2. The van der Waals surface area contributed by atoms with Crippen molar-refractivity contribution < 1.29 is 0 Å². The molecule has 0 bridgehead atoms. The van der Waals surface area contributed by atoms with E-state index >= 15 is 0 Å². The van der Waals surface area contributed by atoms with E-state index in [2.05, 4.69) is 20.2 Å². The second-order valence-electron chi connectivity index (χ2n) is 4.21. The minimum atomic E-state index is 0.442. The monoisotopic (exact) mass is 251 g/mol. The van der Waals surface area contributed by atoms with Crippen molar-refractivity contribution in [1.82, 2.24) is 20.2 Å². The van der Waals surface area contributed by atoms with Crippen LogP contribution < -0.4 is 5.73 Å². The lowest BCUT2D eigenvalue weighted by Crippen LogP contribution is -1.92. The lowest BCUT2D eigenvalue weighted by molar-refractivity contribution is 1.09. The van der Waals surface area contributed by atoms with Gasteiger partial charge in [-0.3, -0.25) is 15.1 Å². The van der Waals surface area contributed by atoms with Gasteiger partial charge in [0.05, 0.1) is 17.0 Å². The molecular weight excluding hydrogens is 238 g/mol. The molecule has 19 heavy (non-hydrogen) atoms. The zero-order valence-electron chi connectivity index (χ0n) is 10.5. The Morgan fingerprint density at radius 2 is 1.89 bits per heavy atom. The first-order valence-corrected chi connectivity index (χ1v) is 5.94. The summed E-state index contributed by atoms with van der Waals surface area (Å²) < 4.78 is 0.